The van der Waals surface area contributed by atoms with E-state index in [1.54, 1.807) is 19.1 Å². The Balaban J connectivity index is 1.42. The van der Waals surface area contributed by atoms with Crippen molar-refractivity contribution in [3.8, 4) is 0 Å². The monoisotopic (exact) mass is 416 g/mol. The van der Waals surface area contributed by atoms with Crippen molar-refractivity contribution in [2.24, 2.45) is 5.92 Å². The number of aromatic nitrogens is 4. The number of amides is 1. The number of piperidine rings is 1. The molecule has 0 spiro atoms. The summed E-state index contributed by atoms with van der Waals surface area (Å²) in [5, 5.41) is 7.91. The summed E-state index contributed by atoms with van der Waals surface area (Å²) in [6.45, 7) is 3.17. The van der Waals surface area contributed by atoms with Gasteiger partial charge in [0.15, 0.2) is 5.78 Å². The molecule has 1 aliphatic rings. The first-order valence-electron chi connectivity index (χ1n) is 9.81. The van der Waals surface area contributed by atoms with Gasteiger partial charge >= 0.3 is 0 Å². The van der Waals surface area contributed by atoms with E-state index in [9.17, 15) is 9.59 Å². The molecule has 9 heteroatoms. The molecule has 3 rings (SSSR count). The summed E-state index contributed by atoms with van der Waals surface area (Å²) in [6.07, 6.45) is 5.39. The quantitative estimate of drug-likeness (QED) is 0.544. The lowest BCUT2D eigenvalue weighted by molar-refractivity contribution is -0.132. The molecule has 0 aliphatic carbocycles. The van der Waals surface area contributed by atoms with E-state index >= 15 is 0 Å². The lowest BCUT2D eigenvalue weighted by atomic mass is 9.90. The van der Waals surface area contributed by atoms with Gasteiger partial charge in [0.25, 0.3) is 0 Å². The molecule has 3 heterocycles. The fourth-order valence-electron chi connectivity index (χ4n) is 3.59. The first kappa shape index (κ1) is 21.1. The van der Waals surface area contributed by atoms with Gasteiger partial charge < -0.3 is 10.6 Å². The fourth-order valence-corrected chi connectivity index (χ4v) is 3.90. The maximum absolute atomic E-state index is 12.4. The van der Waals surface area contributed by atoms with Crippen LogP contribution < -0.4 is 5.73 Å². The van der Waals surface area contributed by atoms with E-state index in [-0.39, 0.29) is 24.5 Å². The van der Waals surface area contributed by atoms with Crippen LogP contribution in [0.3, 0.4) is 0 Å². The number of nitrogen functional groups attached to an aromatic ring is 1. The Morgan fingerprint density at radius 1 is 1.24 bits per heavy atom. The van der Waals surface area contributed by atoms with Crippen LogP contribution in [0.25, 0.3) is 0 Å². The molecule has 1 fully saturated rings. The van der Waals surface area contributed by atoms with Crippen molar-refractivity contribution in [3.05, 3.63) is 40.6 Å². The van der Waals surface area contributed by atoms with E-state index in [0.717, 1.165) is 31.2 Å². The Hall–Kier alpha value is -2.61. The molecule has 0 unspecified atom stereocenters. The van der Waals surface area contributed by atoms with Crippen LogP contribution in [0, 0.1) is 12.8 Å². The number of hydrogen-bond donors (Lipinski definition) is 1. The van der Waals surface area contributed by atoms with E-state index in [2.05, 4.69) is 20.2 Å². The molecule has 2 aromatic heterocycles. The fraction of sp³-hybridized carbons (Fsp3) is 0.500. The molecule has 2 aromatic rings. The number of ketones is 1. The van der Waals surface area contributed by atoms with Crippen molar-refractivity contribution in [1.82, 2.24) is 25.1 Å². The van der Waals surface area contributed by atoms with Gasteiger partial charge in [0.1, 0.15) is 22.5 Å². The number of halogens is 1. The third-order valence-corrected chi connectivity index (χ3v) is 5.61. The molecular formula is C20H25ClN6O2. The van der Waals surface area contributed by atoms with Crippen LogP contribution in [0.15, 0.2) is 18.3 Å². The zero-order valence-electron chi connectivity index (χ0n) is 16.5. The minimum Gasteiger partial charge on any atom is -0.383 e. The number of rotatable bonds is 7. The van der Waals surface area contributed by atoms with Gasteiger partial charge in [0, 0.05) is 37.7 Å². The Morgan fingerprint density at radius 2 is 2.00 bits per heavy atom. The molecule has 0 radical (unpaired) electrons. The van der Waals surface area contributed by atoms with Crippen LogP contribution in [0.5, 0.6) is 0 Å². The minimum atomic E-state index is -0.156. The van der Waals surface area contributed by atoms with Gasteiger partial charge in [0.2, 0.25) is 5.91 Å². The number of Topliss-reactive ketones (excluding diaryl/α,β-unsaturated/α-hetero) is 1. The van der Waals surface area contributed by atoms with Gasteiger partial charge in [-0.25, -0.2) is 9.97 Å². The highest BCUT2D eigenvalue weighted by Gasteiger charge is 2.24. The van der Waals surface area contributed by atoms with Gasteiger partial charge in [-0.3, -0.25) is 9.59 Å². The van der Waals surface area contributed by atoms with Crippen molar-refractivity contribution >= 4 is 29.1 Å². The molecular weight excluding hydrogens is 392 g/mol. The van der Waals surface area contributed by atoms with Crippen molar-refractivity contribution < 1.29 is 9.59 Å². The number of carbonyl (C=O) groups excluding carboxylic acids is 2. The highest BCUT2D eigenvalue weighted by Crippen LogP contribution is 2.27. The van der Waals surface area contributed by atoms with Crippen LogP contribution in [0.1, 0.15) is 54.0 Å². The highest BCUT2D eigenvalue weighted by molar-refractivity contribution is 6.30. The molecule has 154 valence electrons. The number of hydrogen-bond acceptors (Lipinski definition) is 7. The second-order valence-electron chi connectivity index (χ2n) is 7.32. The van der Waals surface area contributed by atoms with E-state index < -0.39 is 0 Å². The maximum Gasteiger partial charge on any atom is 0.223 e. The predicted molar refractivity (Wildman–Crippen MR) is 109 cm³/mol. The molecule has 1 saturated heterocycles. The number of carbonyl (C=O) groups is 2. The van der Waals surface area contributed by atoms with Crippen molar-refractivity contribution in [1.29, 1.82) is 0 Å². The van der Waals surface area contributed by atoms with Gasteiger partial charge in [-0.05, 0) is 50.7 Å². The van der Waals surface area contributed by atoms with Gasteiger partial charge in [0.05, 0.1) is 0 Å². The predicted octanol–water partition coefficient (Wildman–Crippen LogP) is 2.64. The van der Waals surface area contributed by atoms with Gasteiger partial charge in [-0.1, -0.05) is 11.6 Å². The average molecular weight is 417 g/mol. The molecule has 1 amide bonds. The van der Waals surface area contributed by atoms with Crippen molar-refractivity contribution in [3.63, 3.8) is 0 Å². The van der Waals surface area contributed by atoms with Crippen LogP contribution in [-0.4, -0.2) is 49.8 Å². The standard InChI is InChI=1S/C20H25ClN6O2/c1-13-24-19(21)15(20(22)25-13)5-4-14-8-11-27(12-9-14)18(29)7-6-17(28)16-3-2-10-23-26-16/h2-3,10,14H,4-9,11-12H2,1H3,(H2,22,24,25). The molecule has 2 N–H and O–H groups in total. The number of nitrogens with two attached hydrogens (primary N) is 1. The van der Waals surface area contributed by atoms with E-state index in [4.69, 9.17) is 17.3 Å². The summed E-state index contributed by atoms with van der Waals surface area (Å²) in [5.74, 6) is 1.37. The summed E-state index contributed by atoms with van der Waals surface area (Å²) >= 11 is 6.20. The van der Waals surface area contributed by atoms with E-state index in [1.165, 1.54) is 6.20 Å². The molecule has 0 aromatic carbocycles. The minimum absolute atomic E-state index is 0.0138. The second kappa shape index (κ2) is 9.73. The highest BCUT2D eigenvalue weighted by atomic mass is 35.5. The molecule has 0 bridgehead atoms. The smallest absolute Gasteiger partial charge is 0.223 e. The number of anilines is 1. The zero-order chi connectivity index (χ0) is 20.8. The average Bonchev–Trinajstić information content (AvgIpc) is 2.72. The second-order valence-corrected chi connectivity index (χ2v) is 7.68. The summed E-state index contributed by atoms with van der Waals surface area (Å²) in [7, 11) is 0. The lowest BCUT2D eigenvalue weighted by Crippen LogP contribution is -2.38. The van der Waals surface area contributed by atoms with Crippen molar-refractivity contribution in [2.75, 3.05) is 18.8 Å². The van der Waals surface area contributed by atoms with Crippen LogP contribution in [0.2, 0.25) is 5.15 Å². The molecule has 0 atom stereocenters. The summed E-state index contributed by atoms with van der Waals surface area (Å²) < 4.78 is 0. The van der Waals surface area contributed by atoms with E-state index in [0.29, 0.717) is 41.5 Å². The van der Waals surface area contributed by atoms with Crippen LogP contribution in [-0.2, 0) is 11.2 Å². The molecule has 0 saturated carbocycles. The number of likely N-dealkylation sites (tertiary alicyclic amines) is 1. The van der Waals surface area contributed by atoms with E-state index in [1.807, 2.05) is 4.90 Å². The Labute approximate surface area is 174 Å². The number of nitrogens with zero attached hydrogens (tertiary/aromatic N) is 5. The van der Waals surface area contributed by atoms with Crippen LogP contribution >= 0.6 is 11.6 Å². The Morgan fingerprint density at radius 3 is 2.66 bits per heavy atom. The van der Waals surface area contributed by atoms with Crippen LogP contribution in [0.4, 0.5) is 5.82 Å². The lowest BCUT2D eigenvalue weighted by Gasteiger charge is -2.32. The SMILES string of the molecule is Cc1nc(N)c(CCC2CCN(C(=O)CCC(=O)c3cccnn3)CC2)c(Cl)n1. The Kier molecular flexibility index (Phi) is 7.09. The largest absolute Gasteiger partial charge is 0.383 e. The third kappa shape index (κ3) is 5.69. The van der Waals surface area contributed by atoms with Crippen molar-refractivity contribution in [2.45, 2.75) is 45.4 Å². The summed E-state index contributed by atoms with van der Waals surface area (Å²) in [4.78, 5) is 34.7. The van der Waals surface area contributed by atoms with Gasteiger partial charge in [-0.2, -0.15) is 5.10 Å². The summed E-state index contributed by atoms with van der Waals surface area (Å²) in [6, 6.07) is 3.28. The number of aryl methyl sites for hydroxylation is 1. The van der Waals surface area contributed by atoms with Gasteiger partial charge in [-0.15, -0.1) is 5.10 Å². The molecule has 8 nitrogen and oxygen atoms in total. The summed E-state index contributed by atoms with van der Waals surface area (Å²) in [5.41, 5.74) is 7.08. The Bertz CT molecular complexity index is 846. The third-order valence-electron chi connectivity index (χ3n) is 5.29. The normalized spacial score (nSPS) is 14.8. The maximum atomic E-state index is 12.4. The topological polar surface area (TPSA) is 115 Å². The first-order chi connectivity index (χ1) is 13.9. The first-order valence-corrected chi connectivity index (χ1v) is 10.2. The molecule has 1 aliphatic heterocycles. The molecule has 29 heavy (non-hydrogen) atoms. The zero-order valence-corrected chi connectivity index (χ0v) is 17.2.